The first-order valence-corrected chi connectivity index (χ1v) is 8.92. The summed E-state index contributed by atoms with van der Waals surface area (Å²) in [6.45, 7) is 2.69. The molecule has 2 N–H and O–H groups in total. The van der Waals surface area contributed by atoms with Crippen LogP contribution >= 0.6 is 0 Å². The lowest BCUT2D eigenvalue weighted by molar-refractivity contribution is 0.158. The standard InChI is InChI=1S/C18H24N4O2/c23-17(21-10-3-4-14(12-21)13-7-8-13)19-9-11-22-16-6-2-1-5-15(16)20-18(22)24/h1-2,5-6,13-14H,3-4,7-12H2,(H,19,23)(H,20,24). The van der Waals surface area contributed by atoms with E-state index in [4.69, 9.17) is 0 Å². The predicted octanol–water partition coefficient (Wildman–Crippen LogP) is 2.16. The molecule has 2 aliphatic rings. The lowest BCUT2D eigenvalue weighted by Gasteiger charge is -2.33. The maximum Gasteiger partial charge on any atom is 0.326 e. The number of para-hydroxylation sites is 2. The normalized spacial score (nSPS) is 21.2. The number of aromatic amines is 1. The Morgan fingerprint density at radius 3 is 2.88 bits per heavy atom. The van der Waals surface area contributed by atoms with Crippen LogP contribution in [0.5, 0.6) is 0 Å². The Morgan fingerprint density at radius 1 is 1.21 bits per heavy atom. The summed E-state index contributed by atoms with van der Waals surface area (Å²) < 4.78 is 1.68. The van der Waals surface area contributed by atoms with E-state index in [2.05, 4.69) is 10.3 Å². The van der Waals surface area contributed by atoms with E-state index < -0.39 is 0 Å². The summed E-state index contributed by atoms with van der Waals surface area (Å²) in [5.41, 5.74) is 1.58. The second-order valence-corrected chi connectivity index (χ2v) is 7.02. The third-order valence-electron chi connectivity index (χ3n) is 5.33. The van der Waals surface area contributed by atoms with Crippen molar-refractivity contribution in [3.05, 3.63) is 34.7 Å². The lowest BCUT2D eigenvalue weighted by Crippen LogP contribution is -2.46. The molecular formula is C18H24N4O2. The quantitative estimate of drug-likeness (QED) is 0.903. The largest absolute Gasteiger partial charge is 0.336 e. The van der Waals surface area contributed by atoms with E-state index in [0.717, 1.165) is 36.5 Å². The van der Waals surface area contributed by atoms with E-state index in [-0.39, 0.29) is 11.7 Å². The molecule has 1 atom stereocenters. The van der Waals surface area contributed by atoms with E-state index in [9.17, 15) is 9.59 Å². The van der Waals surface area contributed by atoms with Gasteiger partial charge in [0.25, 0.3) is 0 Å². The van der Waals surface area contributed by atoms with Crippen molar-refractivity contribution in [3.8, 4) is 0 Å². The van der Waals surface area contributed by atoms with Crippen LogP contribution in [0.15, 0.2) is 29.1 Å². The van der Waals surface area contributed by atoms with Crippen molar-refractivity contribution in [1.82, 2.24) is 19.8 Å². The molecule has 0 bridgehead atoms. The SMILES string of the molecule is O=C(NCCn1c(=O)[nH]c2ccccc21)N1CCCC(C2CC2)C1. The first-order valence-electron chi connectivity index (χ1n) is 8.92. The number of amides is 2. The van der Waals surface area contributed by atoms with Crippen LogP contribution in [-0.4, -0.2) is 40.1 Å². The van der Waals surface area contributed by atoms with Gasteiger partial charge in [-0.25, -0.2) is 9.59 Å². The maximum atomic E-state index is 12.4. The van der Waals surface area contributed by atoms with E-state index >= 15 is 0 Å². The Bertz CT molecular complexity index is 790. The number of hydrogen-bond acceptors (Lipinski definition) is 2. The highest BCUT2D eigenvalue weighted by Gasteiger charge is 2.35. The summed E-state index contributed by atoms with van der Waals surface area (Å²) >= 11 is 0. The highest BCUT2D eigenvalue weighted by molar-refractivity contribution is 5.75. The molecule has 0 radical (unpaired) electrons. The monoisotopic (exact) mass is 328 g/mol. The van der Waals surface area contributed by atoms with Gasteiger partial charge in [0.05, 0.1) is 11.0 Å². The van der Waals surface area contributed by atoms with Gasteiger partial charge in [-0.3, -0.25) is 4.57 Å². The highest BCUT2D eigenvalue weighted by atomic mass is 16.2. The molecule has 1 aromatic carbocycles. The first-order chi connectivity index (χ1) is 11.7. The fourth-order valence-electron chi connectivity index (χ4n) is 3.86. The molecule has 6 nitrogen and oxygen atoms in total. The molecule has 1 unspecified atom stereocenters. The Labute approximate surface area is 140 Å². The molecule has 2 fully saturated rings. The van der Waals surface area contributed by atoms with Gasteiger partial charge in [-0.1, -0.05) is 12.1 Å². The van der Waals surface area contributed by atoms with E-state index in [1.807, 2.05) is 29.2 Å². The molecule has 2 amide bonds. The van der Waals surface area contributed by atoms with Gasteiger partial charge in [-0.05, 0) is 49.7 Å². The average molecular weight is 328 g/mol. The minimum Gasteiger partial charge on any atom is -0.336 e. The summed E-state index contributed by atoms with van der Waals surface area (Å²) in [4.78, 5) is 29.2. The fraction of sp³-hybridized carbons (Fsp3) is 0.556. The van der Waals surface area contributed by atoms with Gasteiger partial charge in [-0.2, -0.15) is 0 Å². The molecule has 1 aliphatic heterocycles. The van der Waals surface area contributed by atoms with Crippen LogP contribution in [0.4, 0.5) is 4.79 Å². The van der Waals surface area contributed by atoms with Crippen molar-refractivity contribution in [2.24, 2.45) is 11.8 Å². The molecule has 2 aromatic rings. The van der Waals surface area contributed by atoms with E-state index in [1.165, 1.54) is 19.3 Å². The Hall–Kier alpha value is -2.24. The average Bonchev–Trinajstić information content (AvgIpc) is 3.40. The minimum absolute atomic E-state index is 0.00763. The number of likely N-dealkylation sites (tertiary alicyclic amines) is 1. The molecule has 1 saturated heterocycles. The molecule has 2 heterocycles. The number of carbonyl (C=O) groups is 1. The number of hydrogen-bond donors (Lipinski definition) is 2. The summed E-state index contributed by atoms with van der Waals surface area (Å²) in [6, 6.07) is 7.62. The smallest absolute Gasteiger partial charge is 0.326 e. The molecule has 24 heavy (non-hydrogen) atoms. The van der Waals surface area contributed by atoms with Gasteiger partial charge in [-0.15, -0.1) is 0 Å². The Balaban J connectivity index is 1.34. The highest BCUT2D eigenvalue weighted by Crippen LogP contribution is 2.40. The number of piperidine rings is 1. The summed E-state index contributed by atoms with van der Waals surface area (Å²) in [5, 5.41) is 2.98. The topological polar surface area (TPSA) is 70.1 Å². The number of imidazole rings is 1. The maximum absolute atomic E-state index is 12.4. The Kier molecular flexibility index (Phi) is 4.04. The zero-order valence-electron chi connectivity index (χ0n) is 13.8. The van der Waals surface area contributed by atoms with Crippen LogP contribution in [0.3, 0.4) is 0 Å². The molecular weight excluding hydrogens is 304 g/mol. The van der Waals surface area contributed by atoms with E-state index in [1.54, 1.807) is 4.57 Å². The number of benzene rings is 1. The zero-order valence-corrected chi connectivity index (χ0v) is 13.8. The molecule has 128 valence electrons. The van der Waals surface area contributed by atoms with Crippen molar-refractivity contribution in [1.29, 1.82) is 0 Å². The van der Waals surface area contributed by atoms with Crippen LogP contribution in [0.1, 0.15) is 25.7 Å². The number of rotatable bonds is 4. The molecule has 0 spiro atoms. The summed E-state index contributed by atoms with van der Waals surface area (Å²) in [5.74, 6) is 1.55. The van der Waals surface area contributed by atoms with Crippen LogP contribution in [0.2, 0.25) is 0 Å². The van der Waals surface area contributed by atoms with E-state index in [0.29, 0.717) is 19.0 Å². The number of aromatic nitrogens is 2. The fourth-order valence-corrected chi connectivity index (χ4v) is 3.86. The minimum atomic E-state index is -0.128. The second-order valence-electron chi connectivity index (χ2n) is 7.02. The van der Waals surface area contributed by atoms with Crippen molar-refractivity contribution in [3.63, 3.8) is 0 Å². The summed E-state index contributed by atoms with van der Waals surface area (Å²) in [6.07, 6.45) is 5.04. The van der Waals surface area contributed by atoms with Gasteiger partial charge >= 0.3 is 11.7 Å². The molecule has 1 saturated carbocycles. The number of fused-ring (bicyclic) bond motifs is 1. The summed E-state index contributed by atoms with van der Waals surface area (Å²) in [7, 11) is 0. The number of carbonyl (C=O) groups excluding carboxylic acids is 1. The molecule has 1 aliphatic carbocycles. The predicted molar refractivity (Wildman–Crippen MR) is 93.0 cm³/mol. The van der Waals surface area contributed by atoms with Crippen LogP contribution in [0.25, 0.3) is 11.0 Å². The van der Waals surface area contributed by atoms with Crippen molar-refractivity contribution < 1.29 is 4.79 Å². The van der Waals surface area contributed by atoms with Gasteiger partial charge < -0.3 is 15.2 Å². The zero-order chi connectivity index (χ0) is 16.5. The Morgan fingerprint density at radius 2 is 2.04 bits per heavy atom. The van der Waals surface area contributed by atoms with Gasteiger partial charge in [0.1, 0.15) is 0 Å². The number of nitrogens with one attached hydrogen (secondary N) is 2. The van der Waals surface area contributed by atoms with Gasteiger partial charge in [0.2, 0.25) is 0 Å². The van der Waals surface area contributed by atoms with Crippen molar-refractivity contribution in [2.75, 3.05) is 19.6 Å². The molecule has 1 aromatic heterocycles. The third kappa shape index (κ3) is 3.05. The van der Waals surface area contributed by atoms with Crippen molar-refractivity contribution >= 4 is 17.1 Å². The number of H-pyrrole nitrogens is 1. The van der Waals surface area contributed by atoms with Crippen LogP contribution in [0, 0.1) is 11.8 Å². The van der Waals surface area contributed by atoms with Crippen LogP contribution in [-0.2, 0) is 6.54 Å². The van der Waals surface area contributed by atoms with Crippen molar-refractivity contribution in [2.45, 2.75) is 32.2 Å². The third-order valence-corrected chi connectivity index (χ3v) is 5.33. The number of urea groups is 1. The molecule has 6 heteroatoms. The second kappa shape index (κ2) is 6.34. The van der Waals surface area contributed by atoms with Gasteiger partial charge in [0, 0.05) is 26.2 Å². The van der Waals surface area contributed by atoms with Crippen LogP contribution < -0.4 is 11.0 Å². The molecule has 4 rings (SSSR count). The number of nitrogens with zero attached hydrogens (tertiary/aromatic N) is 2. The lowest BCUT2D eigenvalue weighted by atomic mass is 9.94. The first kappa shape index (κ1) is 15.3. The van der Waals surface area contributed by atoms with Gasteiger partial charge in [0.15, 0.2) is 0 Å².